The van der Waals surface area contributed by atoms with Gasteiger partial charge in [0.05, 0.1) is 18.2 Å². The zero-order valence-electron chi connectivity index (χ0n) is 19.0. The average molecular weight is 468 g/mol. The van der Waals surface area contributed by atoms with Crippen molar-refractivity contribution in [3.63, 3.8) is 0 Å². The number of aryl methyl sites for hydroxylation is 1. The first kappa shape index (κ1) is 22.2. The predicted octanol–water partition coefficient (Wildman–Crippen LogP) is 5.24. The predicted molar refractivity (Wildman–Crippen MR) is 131 cm³/mol. The van der Waals surface area contributed by atoms with Crippen LogP contribution in [0.15, 0.2) is 91.2 Å². The molecule has 35 heavy (non-hydrogen) atoms. The summed E-state index contributed by atoms with van der Waals surface area (Å²) in [4.78, 5) is 36.8. The number of rotatable bonds is 5. The molecule has 7 heteroatoms. The summed E-state index contributed by atoms with van der Waals surface area (Å²) in [7, 11) is 1.33. The second-order valence-electron chi connectivity index (χ2n) is 8.01. The number of benzene rings is 3. The van der Waals surface area contributed by atoms with Crippen molar-refractivity contribution in [2.24, 2.45) is 0 Å². The van der Waals surface area contributed by atoms with Gasteiger partial charge in [0.15, 0.2) is 0 Å². The Hall–Kier alpha value is -4.65. The third-order valence-electron chi connectivity index (χ3n) is 5.81. The molecule has 0 saturated heterocycles. The molecule has 0 aliphatic rings. The zero-order valence-corrected chi connectivity index (χ0v) is 19.0. The van der Waals surface area contributed by atoms with Crippen LogP contribution in [-0.2, 0) is 11.3 Å². The van der Waals surface area contributed by atoms with E-state index >= 15 is 0 Å². The maximum absolute atomic E-state index is 12.7. The number of para-hydroxylation sites is 1. The second-order valence-corrected chi connectivity index (χ2v) is 8.01. The van der Waals surface area contributed by atoms with Crippen molar-refractivity contribution < 1.29 is 23.1 Å². The van der Waals surface area contributed by atoms with E-state index in [2.05, 4.69) is 0 Å². The Morgan fingerprint density at radius 2 is 1.66 bits per heavy atom. The SMILES string of the molecule is COC(=O)c1ccc(COc2ccc3c(-c4cc5ccccc5oc4=O)cc(=O)oc3c2C)cc1. The number of carbonyl (C=O) groups is 1. The molecule has 0 aliphatic heterocycles. The molecular formula is C28H20O7. The number of hydrogen-bond donors (Lipinski definition) is 0. The second kappa shape index (κ2) is 8.95. The molecule has 0 spiro atoms. The Morgan fingerprint density at radius 3 is 2.43 bits per heavy atom. The molecule has 3 aromatic carbocycles. The maximum Gasteiger partial charge on any atom is 0.344 e. The topological polar surface area (TPSA) is 96.0 Å². The summed E-state index contributed by atoms with van der Waals surface area (Å²) in [6.45, 7) is 2.03. The molecule has 0 atom stereocenters. The van der Waals surface area contributed by atoms with Crippen LogP contribution in [0, 0.1) is 6.92 Å². The Morgan fingerprint density at radius 1 is 0.886 bits per heavy atom. The van der Waals surface area contributed by atoms with E-state index in [-0.39, 0.29) is 12.2 Å². The van der Waals surface area contributed by atoms with Gasteiger partial charge in [0.2, 0.25) is 0 Å². The number of carbonyl (C=O) groups excluding carboxylic acids is 1. The highest BCUT2D eigenvalue weighted by atomic mass is 16.5. The largest absolute Gasteiger partial charge is 0.488 e. The van der Waals surface area contributed by atoms with Crippen LogP contribution < -0.4 is 16.0 Å². The number of fused-ring (bicyclic) bond motifs is 2. The molecular weight excluding hydrogens is 448 g/mol. The monoisotopic (exact) mass is 468 g/mol. The highest BCUT2D eigenvalue weighted by molar-refractivity contribution is 5.97. The van der Waals surface area contributed by atoms with Gasteiger partial charge < -0.3 is 18.3 Å². The molecule has 2 heterocycles. The van der Waals surface area contributed by atoms with Crippen LogP contribution in [0.1, 0.15) is 21.5 Å². The van der Waals surface area contributed by atoms with Crippen LogP contribution in [0.3, 0.4) is 0 Å². The lowest BCUT2D eigenvalue weighted by Crippen LogP contribution is -2.07. The molecule has 0 saturated carbocycles. The molecule has 174 valence electrons. The first-order valence-electron chi connectivity index (χ1n) is 10.9. The van der Waals surface area contributed by atoms with E-state index in [9.17, 15) is 14.4 Å². The fourth-order valence-corrected chi connectivity index (χ4v) is 3.99. The van der Waals surface area contributed by atoms with Gasteiger partial charge in [-0.1, -0.05) is 30.3 Å². The summed E-state index contributed by atoms with van der Waals surface area (Å²) >= 11 is 0. The van der Waals surface area contributed by atoms with Crippen LogP contribution in [-0.4, -0.2) is 13.1 Å². The third-order valence-corrected chi connectivity index (χ3v) is 5.81. The smallest absolute Gasteiger partial charge is 0.344 e. The molecule has 0 bridgehead atoms. The maximum atomic E-state index is 12.7. The van der Waals surface area contributed by atoms with Gasteiger partial charge >= 0.3 is 17.2 Å². The standard InChI is InChI=1S/C28H20O7/c1-16-23(33-15-17-7-9-18(10-8-17)27(30)32-2)12-11-20-21(14-25(29)35-26(16)20)22-13-19-5-3-4-6-24(19)34-28(22)31/h3-14H,15H2,1-2H3. The third kappa shape index (κ3) is 4.19. The molecule has 7 nitrogen and oxygen atoms in total. The van der Waals surface area contributed by atoms with Crippen molar-refractivity contribution in [3.05, 3.63) is 110 Å². The lowest BCUT2D eigenvalue weighted by atomic mass is 10.0. The first-order valence-corrected chi connectivity index (χ1v) is 10.9. The molecule has 5 rings (SSSR count). The number of methoxy groups -OCH3 is 1. The van der Waals surface area contributed by atoms with Gasteiger partial charge in [-0.2, -0.15) is 0 Å². The van der Waals surface area contributed by atoms with Crippen LogP contribution in [0.25, 0.3) is 33.1 Å². The summed E-state index contributed by atoms with van der Waals surface area (Å²) in [5, 5.41) is 1.35. The van der Waals surface area contributed by atoms with Crippen LogP contribution in [0.2, 0.25) is 0 Å². The zero-order chi connectivity index (χ0) is 24.5. The van der Waals surface area contributed by atoms with Crippen LogP contribution in [0.5, 0.6) is 5.75 Å². The fraction of sp³-hybridized carbons (Fsp3) is 0.107. The van der Waals surface area contributed by atoms with E-state index in [0.717, 1.165) is 10.9 Å². The minimum absolute atomic E-state index is 0.242. The van der Waals surface area contributed by atoms with E-state index in [1.54, 1.807) is 61.5 Å². The number of hydrogen-bond acceptors (Lipinski definition) is 7. The highest BCUT2D eigenvalue weighted by Gasteiger charge is 2.17. The summed E-state index contributed by atoms with van der Waals surface area (Å²) in [6.07, 6.45) is 0. The molecule has 2 aromatic heterocycles. The Bertz CT molecular complexity index is 1690. The molecule has 0 unspecified atom stereocenters. The number of ether oxygens (including phenoxy) is 2. The van der Waals surface area contributed by atoms with Gasteiger partial charge in [-0.05, 0) is 48.9 Å². The van der Waals surface area contributed by atoms with Gasteiger partial charge in [-0.15, -0.1) is 0 Å². The molecule has 0 amide bonds. The Balaban J connectivity index is 1.52. The summed E-state index contributed by atoms with van der Waals surface area (Å²) in [5.41, 5.74) is 2.31. The summed E-state index contributed by atoms with van der Waals surface area (Å²) in [6, 6.07) is 20.6. The summed E-state index contributed by atoms with van der Waals surface area (Å²) in [5.74, 6) is 0.120. The highest BCUT2D eigenvalue weighted by Crippen LogP contribution is 2.33. The lowest BCUT2D eigenvalue weighted by molar-refractivity contribution is 0.0600. The van der Waals surface area contributed by atoms with E-state index < -0.39 is 17.2 Å². The molecule has 0 N–H and O–H groups in total. The van der Waals surface area contributed by atoms with Crippen LogP contribution in [0.4, 0.5) is 0 Å². The normalized spacial score (nSPS) is 11.0. The first-order chi connectivity index (χ1) is 16.9. The molecule has 0 radical (unpaired) electrons. The van der Waals surface area contributed by atoms with E-state index in [1.165, 1.54) is 13.2 Å². The molecule has 5 aromatic rings. The minimum atomic E-state index is -0.585. The van der Waals surface area contributed by atoms with E-state index in [1.807, 2.05) is 12.1 Å². The quantitative estimate of drug-likeness (QED) is 0.257. The van der Waals surface area contributed by atoms with E-state index in [0.29, 0.717) is 39.0 Å². The molecule has 0 fully saturated rings. The van der Waals surface area contributed by atoms with Gasteiger partial charge in [0, 0.05) is 28.0 Å². The fourth-order valence-electron chi connectivity index (χ4n) is 3.99. The lowest BCUT2D eigenvalue weighted by Gasteiger charge is -2.13. The Kier molecular flexibility index (Phi) is 5.66. The van der Waals surface area contributed by atoms with E-state index in [4.69, 9.17) is 18.3 Å². The van der Waals surface area contributed by atoms with Crippen molar-refractivity contribution in [2.45, 2.75) is 13.5 Å². The molecule has 0 aliphatic carbocycles. The van der Waals surface area contributed by atoms with Gasteiger partial charge in [0.25, 0.3) is 0 Å². The van der Waals surface area contributed by atoms with Crippen LogP contribution >= 0.6 is 0 Å². The summed E-state index contributed by atoms with van der Waals surface area (Å²) < 4.78 is 21.7. The van der Waals surface area contributed by atoms with Gasteiger partial charge in [0.1, 0.15) is 23.5 Å². The average Bonchev–Trinajstić information content (AvgIpc) is 2.87. The Labute approximate surface area is 199 Å². The van der Waals surface area contributed by atoms with Crippen molar-refractivity contribution in [1.82, 2.24) is 0 Å². The minimum Gasteiger partial charge on any atom is -0.488 e. The van der Waals surface area contributed by atoms with Gasteiger partial charge in [-0.3, -0.25) is 0 Å². The van der Waals surface area contributed by atoms with Crippen molar-refractivity contribution in [1.29, 1.82) is 0 Å². The number of esters is 1. The van der Waals surface area contributed by atoms with Crippen molar-refractivity contribution in [2.75, 3.05) is 7.11 Å². The van der Waals surface area contributed by atoms with Crippen molar-refractivity contribution >= 4 is 27.9 Å². The van der Waals surface area contributed by atoms with Gasteiger partial charge in [-0.25, -0.2) is 14.4 Å². The van der Waals surface area contributed by atoms with Crippen molar-refractivity contribution in [3.8, 4) is 16.9 Å².